The molecular weight excluding hydrogens is 342 g/mol. The Hall–Kier alpha value is -1.62. The Morgan fingerprint density at radius 1 is 1.23 bits per heavy atom. The van der Waals surface area contributed by atoms with Gasteiger partial charge in [-0.2, -0.15) is 0 Å². The van der Waals surface area contributed by atoms with Gasteiger partial charge in [0.05, 0.1) is 10.2 Å². The number of nitrogens with one attached hydrogen (secondary N) is 1. The molecule has 4 nitrogen and oxygen atoms in total. The molecule has 0 radical (unpaired) electrons. The van der Waals surface area contributed by atoms with Gasteiger partial charge in [0.15, 0.2) is 5.13 Å². The summed E-state index contributed by atoms with van der Waals surface area (Å²) in [6.45, 7) is 7.22. The van der Waals surface area contributed by atoms with Crippen molar-refractivity contribution in [3.8, 4) is 0 Å². The lowest BCUT2D eigenvalue weighted by Gasteiger charge is -2.32. The minimum absolute atomic E-state index is 0.202. The van der Waals surface area contributed by atoms with E-state index in [9.17, 15) is 4.79 Å². The van der Waals surface area contributed by atoms with Crippen LogP contribution in [0.15, 0.2) is 24.3 Å². The van der Waals surface area contributed by atoms with Gasteiger partial charge in [0, 0.05) is 25.6 Å². The van der Waals surface area contributed by atoms with Crippen LogP contribution in [0.3, 0.4) is 0 Å². The Morgan fingerprint density at radius 2 is 1.92 bits per heavy atom. The van der Waals surface area contributed by atoms with Gasteiger partial charge in [-0.15, -0.1) is 0 Å². The minimum Gasteiger partial charge on any atom is -0.356 e. The standard InChI is InChI=1S/C21H31N3OS/c1-3-7-17(8-4-2)20(25)22-15-16-11-13-24(14-12-16)21-23-18-9-5-6-10-19(18)26-21/h5-6,9-10,16-17H,3-4,7-8,11-15H2,1-2H3,(H,22,25). The third-order valence-corrected chi connectivity index (χ3v) is 6.47. The van der Waals surface area contributed by atoms with Crippen LogP contribution in [-0.2, 0) is 4.79 Å². The van der Waals surface area contributed by atoms with Crippen LogP contribution in [0.5, 0.6) is 0 Å². The average molecular weight is 374 g/mol. The summed E-state index contributed by atoms with van der Waals surface area (Å²) in [6, 6.07) is 8.34. The van der Waals surface area contributed by atoms with Crippen LogP contribution < -0.4 is 10.2 Å². The number of rotatable bonds is 8. The molecule has 0 unspecified atom stereocenters. The van der Waals surface area contributed by atoms with Gasteiger partial charge in [-0.25, -0.2) is 4.98 Å². The molecule has 0 atom stereocenters. The van der Waals surface area contributed by atoms with E-state index in [1.165, 1.54) is 4.70 Å². The number of hydrogen-bond acceptors (Lipinski definition) is 4. The zero-order valence-corrected chi connectivity index (χ0v) is 16.9. The highest BCUT2D eigenvalue weighted by atomic mass is 32.1. The fourth-order valence-electron chi connectivity index (χ4n) is 3.82. The predicted octanol–water partition coefficient (Wildman–Crippen LogP) is 4.85. The molecular formula is C21H31N3OS. The molecule has 1 aliphatic heterocycles. The molecule has 1 N–H and O–H groups in total. The lowest BCUT2D eigenvalue weighted by molar-refractivity contribution is -0.125. The van der Waals surface area contributed by atoms with Gasteiger partial charge in [0.1, 0.15) is 0 Å². The normalized spacial score (nSPS) is 15.7. The Labute approximate surface area is 161 Å². The van der Waals surface area contributed by atoms with Crippen LogP contribution >= 0.6 is 11.3 Å². The SMILES string of the molecule is CCCC(CCC)C(=O)NCC1CCN(c2nc3ccccc3s2)CC1. The van der Waals surface area contributed by atoms with E-state index in [1.807, 2.05) is 6.07 Å². The van der Waals surface area contributed by atoms with Crippen molar-refractivity contribution in [2.24, 2.45) is 11.8 Å². The zero-order valence-electron chi connectivity index (χ0n) is 16.0. The molecule has 0 bridgehead atoms. The number of hydrogen-bond donors (Lipinski definition) is 1. The number of benzene rings is 1. The zero-order chi connectivity index (χ0) is 18.4. The molecule has 0 spiro atoms. The monoisotopic (exact) mass is 373 g/mol. The van der Waals surface area contributed by atoms with Crippen LogP contribution in [0, 0.1) is 11.8 Å². The molecule has 3 rings (SSSR count). The largest absolute Gasteiger partial charge is 0.356 e. The second kappa shape index (κ2) is 9.36. The number of para-hydroxylation sites is 1. The number of fused-ring (bicyclic) bond motifs is 1. The maximum Gasteiger partial charge on any atom is 0.223 e. The van der Waals surface area contributed by atoms with Crippen LogP contribution in [-0.4, -0.2) is 30.5 Å². The van der Waals surface area contributed by atoms with E-state index in [-0.39, 0.29) is 11.8 Å². The highest BCUT2D eigenvalue weighted by Gasteiger charge is 2.23. The number of carbonyl (C=O) groups is 1. The van der Waals surface area contributed by atoms with Crippen molar-refractivity contribution in [2.75, 3.05) is 24.5 Å². The Balaban J connectivity index is 1.47. The van der Waals surface area contributed by atoms with Crippen LogP contribution in [0.2, 0.25) is 0 Å². The second-order valence-corrected chi connectivity index (χ2v) is 8.42. The van der Waals surface area contributed by atoms with E-state index in [0.717, 1.165) is 68.8 Å². The van der Waals surface area contributed by atoms with Crippen LogP contribution in [0.4, 0.5) is 5.13 Å². The molecule has 2 heterocycles. The van der Waals surface area contributed by atoms with Gasteiger partial charge < -0.3 is 10.2 Å². The molecule has 1 fully saturated rings. The molecule has 0 aliphatic carbocycles. The first-order valence-electron chi connectivity index (χ1n) is 10.1. The highest BCUT2D eigenvalue weighted by Crippen LogP contribution is 2.31. The first kappa shape index (κ1) is 19.2. The van der Waals surface area contributed by atoms with Crippen molar-refractivity contribution in [3.05, 3.63) is 24.3 Å². The van der Waals surface area contributed by atoms with Crippen LogP contribution in [0.25, 0.3) is 10.2 Å². The summed E-state index contributed by atoms with van der Waals surface area (Å²) >= 11 is 1.78. The Morgan fingerprint density at radius 3 is 2.58 bits per heavy atom. The van der Waals surface area contributed by atoms with Gasteiger partial charge >= 0.3 is 0 Å². The Kier molecular flexibility index (Phi) is 6.89. The molecule has 5 heteroatoms. The number of amides is 1. The summed E-state index contributed by atoms with van der Waals surface area (Å²) in [6.07, 6.45) is 6.44. The predicted molar refractivity (Wildman–Crippen MR) is 111 cm³/mol. The van der Waals surface area contributed by atoms with Crippen molar-refractivity contribution in [2.45, 2.75) is 52.4 Å². The van der Waals surface area contributed by atoms with E-state index in [0.29, 0.717) is 5.92 Å². The fourth-order valence-corrected chi connectivity index (χ4v) is 4.83. The molecule has 1 saturated heterocycles. The second-order valence-electron chi connectivity index (χ2n) is 7.41. The highest BCUT2D eigenvalue weighted by molar-refractivity contribution is 7.22. The number of carbonyl (C=O) groups excluding carboxylic acids is 1. The quantitative estimate of drug-likeness (QED) is 0.720. The minimum atomic E-state index is 0.202. The van der Waals surface area contributed by atoms with E-state index in [1.54, 1.807) is 11.3 Å². The van der Waals surface area contributed by atoms with Crippen molar-refractivity contribution >= 4 is 32.6 Å². The molecule has 0 saturated carbocycles. The number of thiazole rings is 1. The molecule has 142 valence electrons. The maximum absolute atomic E-state index is 12.4. The summed E-state index contributed by atoms with van der Waals surface area (Å²) in [4.78, 5) is 19.6. The van der Waals surface area contributed by atoms with E-state index < -0.39 is 0 Å². The van der Waals surface area contributed by atoms with Gasteiger partial charge in [0.2, 0.25) is 5.91 Å². The van der Waals surface area contributed by atoms with Crippen molar-refractivity contribution in [3.63, 3.8) is 0 Å². The third-order valence-electron chi connectivity index (χ3n) is 5.38. The summed E-state index contributed by atoms with van der Waals surface area (Å²) in [5.41, 5.74) is 1.10. The molecule has 1 aliphatic rings. The molecule has 1 aromatic carbocycles. The molecule has 2 aromatic rings. The first-order valence-corrected chi connectivity index (χ1v) is 10.9. The van der Waals surface area contributed by atoms with Gasteiger partial charge in [0.25, 0.3) is 0 Å². The topological polar surface area (TPSA) is 45.2 Å². The number of nitrogens with zero attached hydrogens (tertiary/aromatic N) is 2. The Bertz CT molecular complexity index is 667. The third kappa shape index (κ3) is 4.76. The van der Waals surface area contributed by atoms with E-state index in [2.05, 4.69) is 42.3 Å². The number of anilines is 1. The number of aromatic nitrogens is 1. The molecule has 1 amide bonds. The summed E-state index contributed by atoms with van der Waals surface area (Å²) in [5.74, 6) is 1.06. The van der Waals surface area contributed by atoms with Crippen molar-refractivity contribution in [1.82, 2.24) is 10.3 Å². The van der Waals surface area contributed by atoms with Crippen LogP contribution in [0.1, 0.15) is 52.4 Å². The number of piperidine rings is 1. The molecule has 1 aromatic heterocycles. The fraction of sp³-hybridized carbons (Fsp3) is 0.619. The average Bonchev–Trinajstić information content (AvgIpc) is 3.10. The smallest absolute Gasteiger partial charge is 0.223 e. The van der Waals surface area contributed by atoms with Crippen molar-refractivity contribution < 1.29 is 4.79 Å². The van der Waals surface area contributed by atoms with Gasteiger partial charge in [-0.05, 0) is 43.7 Å². The molecule has 26 heavy (non-hydrogen) atoms. The lowest BCUT2D eigenvalue weighted by atomic mass is 9.95. The summed E-state index contributed by atoms with van der Waals surface area (Å²) < 4.78 is 1.26. The van der Waals surface area contributed by atoms with E-state index >= 15 is 0 Å². The van der Waals surface area contributed by atoms with Gasteiger partial charge in [-0.1, -0.05) is 50.2 Å². The first-order chi connectivity index (χ1) is 12.7. The lowest BCUT2D eigenvalue weighted by Crippen LogP contribution is -2.40. The van der Waals surface area contributed by atoms with E-state index in [4.69, 9.17) is 4.98 Å². The summed E-state index contributed by atoms with van der Waals surface area (Å²) in [7, 11) is 0. The van der Waals surface area contributed by atoms with Gasteiger partial charge in [-0.3, -0.25) is 4.79 Å². The summed E-state index contributed by atoms with van der Waals surface area (Å²) in [5, 5.41) is 4.37. The van der Waals surface area contributed by atoms with Crippen molar-refractivity contribution in [1.29, 1.82) is 0 Å². The maximum atomic E-state index is 12.4.